The molecule has 0 fully saturated rings. The largest absolute Gasteiger partial charge is 0.481 e. The van der Waals surface area contributed by atoms with E-state index < -0.39 is 17.8 Å². The van der Waals surface area contributed by atoms with E-state index in [1.807, 2.05) is 49.9 Å². The predicted molar refractivity (Wildman–Crippen MR) is 89.3 cm³/mol. The Hall–Kier alpha value is -2.10. The van der Waals surface area contributed by atoms with Gasteiger partial charge in [-0.15, -0.1) is 0 Å². The second kappa shape index (κ2) is 5.84. The fraction of sp³-hybridized carbons (Fsp3) is 0.474. The number of nitrogens with zero attached hydrogens (tertiary/aromatic N) is 1. The molecule has 0 saturated carbocycles. The maximum absolute atomic E-state index is 13.2. The van der Waals surface area contributed by atoms with Crippen molar-refractivity contribution in [3.63, 3.8) is 0 Å². The van der Waals surface area contributed by atoms with Crippen molar-refractivity contribution in [2.45, 2.75) is 46.1 Å². The van der Waals surface area contributed by atoms with Gasteiger partial charge in [-0.3, -0.25) is 9.59 Å². The zero-order valence-electron chi connectivity index (χ0n) is 13.9. The highest BCUT2D eigenvalue weighted by molar-refractivity contribution is 5.99. The molecule has 1 amide bonds. The number of carboxylic acid groups (broad SMARTS) is 1. The van der Waals surface area contributed by atoms with Crippen LogP contribution in [0.1, 0.15) is 39.2 Å². The van der Waals surface area contributed by atoms with Crippen molar-refractivity contribution in [3.05, 3.63) is 41.0 Å². The van der Waals surface area contributed by atoms with Gasteiger partial charge in [0.05, 0.1) is 11.8 Å². The Morgan fingerprint density at radius 3 is 2.30 bits per heavy atom. The van der Waals surface area contributed by atoms with Crippen molar-refractivity contribution >= 4 is 17.6 Å². The second-order valence-electron chi connectivity index (χ2n) is 6.91. The molecule has 0 unspecified atom stereocenters. The molecule has 4 nitrogen and oxygen atoms in total. The number of para-hydroxylation sites is 1. The Kier molecular flexibility index (Phi) is 4.00. The molecule has 1 aliphatic carbocycles. The SMILES string of the molecule is CC1=C(C)C[C@H](C(=O)N2c3ccccc3C[C@@H]2C)[C@@H](C(=O)O)C1. The molecule has 1 aromatic rings. The molecule has 0 aromatic heterocycles. The van der Waals surface area contributed by atoms with Gasteiger partial charge >= 0.3 is 5.97 Å². The molecule has 4 heteroatoms. The van der Waals surface area contributed by atoms with Gasteiger partial charge in [-0.1, -0.05) is 29.3 Å². The van der Waals surface area contributed by atoms with E-state index in [4.69, 9.17) is 0 Å². The highest BCUT2D eigenvalue weighted by Gasteiger charge is 2.42. The highest BCUT2D eigenvalue weighted by Crippen LogP contribution is 2.39. The lowest BCUT2D eigenvalue weighted by Gasteiger charge is -2.34. The summed E-state index contributed by atoms with van der Waals surface area (Å²) in [5, 5.41) is 9.57. The molecule has 0 radical (unpaired) electrons. The predicted octanol–water partition coefficient (Wildman–Crippen LogP) is 3.41. The Morgan fingerprint density at radius 1 is 1.04 bits per heavy atom. The van der Waals surface area contributed by atoms with Gasteiger partial charge in [-0.2, -0.15) is 0 Å². The second-order valence-corrected chi connectivity index (χ2v) is 6.91. The number of carbonyl (C=O) groups is 2. The molecule has 1 heterocycles. The van der Waals surface area contributed by atoms with Gasteiger partial charge in [0.1, 0.15) is 0 Å². The Bertz CT molecular complexity index is 692. The third kappa shape index (κ3) is 2.67. The first-order chi connectivity index (χ1) is 10.9. The summed E-state index contributed by atoms with van der Waals surface area (Å²) in [5.41, 5.74) is 4.37. The third-order valence-electron chi connectivity index (χ3n) is 5.35. The van der Waals surface area contributed by atoms with Crippen LogP contribution in [-0.4, -0.2) is 23.0 Å². The van der Waals surface area contributed by atoms with E-state index in [9.17, 15) is 14.7 Å². The monoisotopic (exact) mass is 313 g/mol. The number of anilines is 1. The van der Waals surface area contributed by atoms with Crippen LogP contribution in [0, 0.1) is 11.8 Å². The minimum absolute atomic E-state index is 0.0401. The standard InChI is InChI=1S/C19H23NO3/c1-11-8-15(16(19(22)23)9-12(11)2)18(21)20-13(3)10-14-6-4-5-7-17(14)20/h4-7,13,15-16H,8-10H2,1-3H3,(H,22,23)/t13-,15-,16-/m0/s1. The highest BCUT2D eigenvalue weighted by atomic mass is 16.4. The molecule has 1 N–H and O–H groups in total. The van der Waals surface area contributed by atoms with Crippen molar-refractivity contribution in [2.24, 2.45) is 11.8 Å². The lowest BCUT2D eigenvalue weighted by Crippen LogP contribution is -2.45. The topological polar surface area (TPSA) is 57.6 Å². The lowest BCUT2D eigenvalue weighted by atomic mass is 9.75. The van der Waals surface area contributed by atoms with Crippen molar-refractivity contribution in [3.8, 4) is 0 Å². The maximum atomic E-state index is 13.2. The minimum Gasteiger partial charge on any atom is -0.481 e. The van der Waals surface area contributed by atoms with Crippen molar-refractivity contribution in [1.29, 1.82) is 0 Å². The van der Waals surface area contributed by atoms with Crippen molar-refractivity contribution in [2.75, 3.05) is 4.90 Å². The Labute approximate surface area is 136 Å². The first-order valence-electron chi connectivity index (χ1n) is 8.19. The van der Waals surface area contributed by atoms with Gasteiger partial charge in [-0.05, 0) is 51.7 Å². The maximum Gasteiger partial charge on any atom is 0.307 e. The number of aliphatic carboxylic acids is 1. The van der Waals surface area contributed by atoms with Crippen LogP contribution in [0.25, 0.3) is 0 Å². The molecule has 3 rings (SSSR count). The summed E-state index contributed by atoms with van der Waals surface area (Å²) in [6.07, 6.45) is 1.86. The first kappa shape index (κ1) is 15.8. The molecule has 23 heavy (non-hydrogen) atoms. The van der Waals surface area contributed by atoms with Gasteiger partial charge in [0.2, 0.25) is 5.91 Å². The molecular formula is C19H23NO3. The van der Waals surface area contributed by atoms with E-state index >= 15 is 0 Å². The lowest BCUT2D eigenvalue weighted by molar-refractivity contribution is -0.147. The van der Waals surface area contributed by atoms with Crippen LogP contribution in [0.5, 0.6) is 0 Å². The number of allylic oxidation sites excluding steroid dienone is 2. The molecule has 1 aliphatic heterocycles. The minimum atomic E-state index is -0.865. The van der Waals surface area contributed by atoms with Gasteiger partial charge in [0, 0.05) is 11.7 Å². The van der Waals surface area contributed by atoms with E-state index in [1.165, 1.54) is 5.56 Å². The van der Waals surface area contributed by atoms with Gasteiger partial charge in [-0.25, -0.2) is 0 Å². The molecule has 1 aromatic carbocycles. The number of fused-ring (bicyclic) bond motifs is 1. The summed E-state index contributed by atoms with van der Waals surface area (Å²) in [4.78, 5) is 26.7. The van der Waals surface area contributed by atoms with Crippen LogP contribution in [0.2, 0.25) is 0 Å². The van der Waals surface area contributed by atoms with E-state index in [0.29, 0.717) is 12.8 Å². The average Bonchev–Trinajstić information content (AvgIpc) is 2.84. The fourth-order valence-corrected chi connectivity index (χ4v) is 3.89. The summed E-state index contributed by atoms with van der Waals surface area (Å²) in [5.74, 6) is -1.99. The summed E-state index contributed by atoms with van der Waals surface area (Å²) >= 11 is 0. The Balaban J connectivity index is 1.94. The van der Waals surface area contributed by atoms with Crippen LogP contribution in [0.3, 0.4) is 0 Å². The van der Waals surface area contributed by atoms with E-state index in [2.05, 4.69) is 0 Å². The first-order valence-corrected chi connectivity index (χ1v) is 8.19. The van der Waals surface area contributed by atoms with Crippen molar-refractivity contribution in [1.82, 2.24) is 0 Å². The molecule has 0 spiro atoms. The van der Waals surface area contributed by atoms with Crippen LogP contribution >= 0.6 is 0 Å². The van der Waals surface area contributed by atoms with Crippen LogP contribution < -0.4 is 4.90 Å². The molecule has 3 atom stereocenters. The molecule has 0 saturated heterocycles. The number of benzene rings is 1. The number of hydrogen-bond donors (Lipinski definition) is 1. The summed E-state index contributed by atoms with van der Waals surface area (Å²) < 4.78 is 0. The third-order valence-corrected chi connectivity index (χ3v) is 5.35. The Morgan fingerprint density at radius 2 is 1.65 bits per heavy atom. The molecule has 2 aliphatic rings. The number of amides is 1. The van der Waals surface area contributed by atoms with Crippen LogP contribution in [0.4, 0.5) is 5.69 Å². The number of carboxylic acids is 1. The van der Waals surface area contributed by atoms with E-state index in [1.54, 1.807) is 0 Å². The van der Waals surface area contributed by atoms with Crippen molar-refractivity contribution < 1.29 is 14.7 Å². The van der Waals surface area contributed by atoms with E-state index in [0.717, 1.165) is 23.3 Å². The summed E-state index contributed by atoms with van der Waals surface area (Å²) in [7, 11) is 0. The van der Waals surface area contributed by atoms with Gasteiger partial charge < -0.3 is 10.0 Å². The van der Waals surface area contributed by atoms with Gasteiger partial charge in [0.15, 0.2) is 0 Å². The van der Waals surface area contributed by atoms with Gasteiger partial charge in [0.25, 0.3) is 0 Å². The normalized spacial score (nSPS) is 27.1. The molecular weight excluding hydrogens is 290 g/mol. The zero-order chi connectivity index (χ0) is 16.7. The smallest absolute Gasteiger partial charge is 0.307 e. The summed E-state index contributed by atoms with van der Waals surface area (Å²) in [6, 6.07) is 8.01. The fourth-order valence-electron chi connectivity index (χ4n) is 3.89. The number of carbonyl (C=O) groups excluding carboxylic acids is 1. The molecule has 0 bridgehead atoms. The quantitative estimate of drug-likeness (QED) is 0.851. The van der Waals surface area contributed by atoms with Crippen LogP contribution in [-0.2, 0) is 16.0 Å². The van der Waals surface area contributed by atoms with E-state index in [-0.39, 0.29) is 11.9 Å². The average molecular weight is 313 g/mol. The number of hydrogen-bond acceptors (Lipinski definition) is 2. The zero-order valence-corrected chi connectivity index (χ0v) is 13.9. The molecule has 122 valence electrons. The summed E-state index contributed by atoms with van der Waals surface area (Å²) in [6.45, 7) is 6.01. The number of rotatable bonds is 2. The van der Waals surface area contributed by atoms with Crippen LogP contribution in [0.15, 0.2) is 35.4 Å².